The molecule has 0 bridgehead atoms. The third-order valence-electron chi connectivity index (χ3n) is 1.72. The molecule has 1 heterocycles. The Kier molecular flexibility index (Phi) is 2.56. The van der Waals surface area contributed by atoms with Crippen LogP contribution in [0.2, 0.25) is 0 Å². The molecule has 0 spiro atoms. The molecule has 0 fully saturated rings. The molecule has 1 radical (unpaired) electrons. The number of rotatable bonds is 1. The lowest BCUT2D eigenvalue weighted by Crippen LogP contribution is -1.78. The first kappa shape index (κ1) is 9.03. The molecule has 0 unspecified atom stereocenters. The summed E-state index contributed by atoms with van der Waals surface area (Å²) >= 11 is 6.97. The van der Waals surface area contributed by atoms with E-state index >= 15 is 0 Å². The van der Waals surface area contributed by atoms with Crippen LogP contribution < -0.4 is 0 Å². The zero-order valence-electron chi connectivity index (χ0n) is 6.55. The molecule has 2 aromatic rings. The van der Waals surface area contributed by atoms with Crippen molar-refractivity contribution in [3.63, 3.8) is 0 Å². The van der Waals surface area contributed by atoms with Crippen LogP contribution in [0, 0.1) is 6.26 Å². The molecule has 0 aliphatic rings. The zero-order valence-corrected chi connectivity index (χ0v) is 9.72. The number of hydrogen-bond acceptors (Lipinski definition) is 1. The first-order valence-corrected chi connectivity index (χ1v) is 5.26. The van der Waals surface area contributed by atoms with Gasteiger partial charge in [-0.25, -0.2) is 0 Å². The summed E-state index contributed by atoms with van der Waals surface area (Å²) in [4.78, 5) is 0. The summed E-state index contributed by atoms with van der Waals surface area (Å²) < 4.78 is 6.99. The van der Waals surface area contributed by atoms with Gasteiger partial charge in [0.2, 0.25) is 0 Å². The molecule has 13 heavy (non-hydrogen) atoms. The zero-order chi connectivity index (χ0) is 9.26. The maximum atomic E-state index is 4.91. The van der Waals surface area contributed by atoms with Crippen LogP contribution in [0.25, 0.3) is 11.1 Å². The summed E-state index contributed by atoms with van der Waals surface area (Å²) in [6.45, 7) is 0. The second-order valence-corrected chi connectivity index (χ2v) is 4.26. The molecule has 0 saturated heterocycles. The van der Waals surface area contributed by atoms with Gasteiger partial charge >= 0.3 is 0 Å². The maximum Gasteiger partial charge on any atom is 0.169 e. The molecular weight excluding hydrogens is 296 g/mol. The fourth-order valence-electron chi connectivity index (χ4n) is 1.13. The minimum Gasteiger partial charge on any atom is -0.460 e. The van der Waals surface area contributed by atoms with E-state index in [9.17, 15) is 0 Å². The average Bonchev–Trinajstić information content (AvgIpc) is 2.57. The van der Waals surface area contributed by atoms with Crippen LogP contribution in [-0.4, -0.2) is 0 Å². The van der Waals surface area contributed by atoms with E-state index < -0.39 is 0 Å². The van der Waals surface area contributed by atoms with Gasteiger partial charge in [-0.3, -0.25) is 0 Å². The Hall–Kier alpha value is -0.540. The van der Waals surface area contributed by atoms with Crippen molar-refractivity contribution in [1.29, 1.82) is 0 Å². The summed E-state index contributed by atoms with van der Waals surface area (Å²) in [5.41, 5.74) is 2.10. The largest absolute Gasteiger partial charge is 0.460 e. The third-order valence-corrected chi connectivity index (χ3v) is 3.04. The summed E-state index contributed by atoms with van der Waals surface area (Å²) in [7, 11) is 0. The van der Waals surface area contributed by atoms with Crippen LogP contribution in [0.1, 0.15) is 0 Å². The van der Waals surface area contributed by atoms with Crippen molar-refractivity contribution in [2.45, 2.75) is 0 Å². The number of halogens is 2. The quantitative estimate of drug-likeness (QED) is 0.766. The molecule has 1 nitrogen and oxygen atoms in total. The third kappa shape index (κ3) is 1.71. The highest BCUT2D eigenvalue weighted by atomic mass is 79.9. The van der Waals surface area contributed by atoms with Gasteiger partial charge in [0.15, 0.2) is 6.26 Å². The molecule has 0 atom stereocenters. The van der Waals surface area contributed by atoms with Crippen molar-refractivity contribution in [2.24, 2.45) is 0 Å². The molecule has 2 rings (SSSR count). The molecule has 0 aliphatic heterocycles. The molecule has 0 aliphatic carbocycles. The van der Waals surface area contributed by atoms with Crippen LogP contribution in [0.3, 0.4) is 0 Å². The number of furan rings is 1. The summed E-state index contributed by atoms with van der Waals surface area (Å²) in [5, 5.41) is 0. The van der Waals surface area contributed by atoms with Gasteiger partial charge in [0.25, 0.3) is 0 Å². The summed E-state index contributed by atoms with van der Waals surface area (Å²) in [6.07, 6.45) is 4.34. The topological polar surface area (TPSA) is 13.1 Å². The van der Waals surface area contributed by atoms with E-state index in [1.54, 1.807) is 6.26 Å². The highest BCUT2D eigenvalue weighted by molar-refractivity contribution is 9.11. The second-order valence-electron chi connectivity index (χ2n) is 2.55. The monoisotopic (exact) mass is 299 g/mol. The van der Waals surface area contributed by atoms with Gasteiger partial charge in [-0.15, -0.1) is 0 Å². The standard InChI is InChI=1S/C10H5Br2O/c11-8-2-1-3-9(12)10(8)7-4-5-13-6-7/h1-4,6H. The van der Waals surface area contributed by atoms with Crippen molar-refractivity contribution in [3.05, 3.63) is 45.7 Å². The van der Waals surface area contributed by atoms with E-state index in [4.69, 9.17) is 4.42 Å². The summed E-state index contributed by atoms with van der Waals surface area (Å²) in [5.74, 6) is 0. The molecule has 0 saturated carbocycles. The van der Waals surface area contributed by atoms with Gasteiger partial charge in [0.05, 0.1) is 6.26 Å². The van der Waals surface area contributed by atoms with Crippen molar-refractivity contribution in [2.75, 3.05) is 0 Å². The van der Waals surface area contributed by atoms with Crippen LogP contribution in [0.15, 0.2) is 43.9 Å². The van der Waals surface area contributed by atoms with Gasteiger partial charge < -0.3 is 4.42 Å². The van der Waals surface area contributed by atoms with Crippen LogP contribution in [0.5, 0.6) is 0 Å². The van der Waals surface area contributed by atoms with Crippen molar-refractivity contribution in [1.82, 2.24) is 0 Å². The van der Waals surface area contributed by atoms with Gasteiger partial charge in [-0.05, 0) is 18.2 Å². The lowest BCUT2D eigenvalue weighted by molar-refractivity contribution is 0.559. The van der Waals surface area contributed by atoms with E-state index in [1.807, 2.05) is 24.3 Å². The predicted octanol–water partition coefficient (Wildman–Crippen LogP) is 4.27. The second kappa shape index (κ2) is 3.68. The Balaban J connectivity index is 2.64. The van der Waals surface area contributed by atoms with E-state index in [-0.39, 0.29) is 0 Å². The minimum absolute atomic E-state index is 1.01. The first-order chi connectivity index (χ1) is 6.29. The van der Waals surface area contributed by atoms with E-state index in [1.165, 1.54) is 0 Å². The van der Waals surface area contributed by atoms with E-state index in [0.29, 0.717) is 0 Å². The highest BCUT2D eigenvalue weighted by Gasteiger charge is 2.07. The van der Waals surface area contributed by atoms with Crippen molar-refractivity contribution < 1.29 is 4.42 Å². The Labute approximate surface area is 93.0 Å². The van der Waals surface area contributed by atoms with E-state index in [2.05, 4.69) is 38.1 Å². The Morgan fingerprint density at radius 3 is 2.38 bits per heavy atom. The fraction of sp³-hybridized carbons (Fsp3) is 0. The van der Waals surface area contributed by atoms with E-state index in [0.717, 1.165) is 20.1 Å². The van der Waals surface area contributed by atoms with Crippen molar-refractivity contribution in [3.8, 4) is 11.1 Å². The van der Waals surface area contributed by atoms with Crippen LogP contribution in [-0.2, 0) is 0 Å². The first-order valence-electron chi connectivity index (χ1n) is 3.68. The molecule has 0 N–H and O–H groups in total. The minimum atomic E-state index is 1.01. The van der Waals surface area contributed by atoms with Gasteiger partial charge in [0.1, 0.15) is 0 Å². The molecule has 3 heteroatoms. The lowest BCUT2D eigenvalue weighted by Gasteiger charge is -2.03. The summed E-state index contributed by atoms with van der Waals surface area (Å²) in [6, 6.07) is 7.77. The Morgan fingerprint density at radius 1 is 1.15 bits per heavy atom. The Bertz CT molecular complexity index is 387. The molecule has 65 valence electrons. The smallest absolute Gasteiger partial charge is 0.169 e. The van der Waals surface area contributed by atoms with Gasteiger partial charge in [-0.1, -0.05) is 37.9 Å². The normalized spacial score (nSPS) is 10.3. The van der Waals surface area contributed by atoms with Gasteiger partial charge in [-0.2, -0.15) is 0 Å². The number of hydrogen-bond donors (Lipinski definition) is 0. The highest BCUT2D eigenvalue weighted by Crippen LogP contribution is 2.34. The van der Waals surface area contributed by atoms with Crippen molar-refractivity contribution >= 4 is 31.9 Å². The molecular formula is C10H5Br2O. The molecule has 0 amide bonds. The molecule has 1 aromatic heterocycles. The van der Waals surface area contributed by atoms with Gasteiger partial charge in [0, 0.05) is 20.1 Å². The van der Waals surface area contributed by atoms with Crippen LogP contribution >= 0.6 is 31.9 Å². The maximum absolute atomic E-state index is 4.91. The fourth-order valence-corrected chi connectivity index (χ4v) is 2.59. The SMILES string of the molecule is Brc1cccc(Br)c1-c1c[c]oc1. The average molecular weight is 301 g/mol. The number of benzene rings is 1. The van der Waals surface area contributed by atoms with Crippen LogP contribution in [0.4, 0.5) is 0 Å². The Morgan fingerprint density at radius 2 is 1.85 bits per heavy atom. The molecule has 1 aromatic carbocycles. The predicted molar refractivity (Wildman–Crippen MR) is 58.4 cm³/mol. The lowest BCUT2D eigenvalue weighted by atomic mass is 10.1.